The molecule has 0 aromatic heterocycles. The molecule has 2 aliphatic rings. The number of nitrogens with zero attached hydrogens (tertiary/aromatic N) is 1. The molecule has 1 heterocycles. The van der Waals surface area contributed by atoms with Crippen LogP contribution in [0.25, 0.3) is 0 Å². The number of hydrogen-bond donors (Lipinski definition) is 1. The molecule has 1 aliphatic heterocycles. The van der Waals surface area contributed by atoms with E-state index in [1.807, 2.05) is 30.3 Å². The lowest BCUT2D eigenvalue weighted by Gasteiger charge is -2.31. The molecule has 5 nitrogen and oxygen atoms in total. The summed E-state index contributed by atoms with van der Waals surface area (Å²) in [6.45, 7) is 2.75. The molecule has 2 aromatic rings. The maximum atomic E-state index is 12.5. The zero-order chi connectivity index (χ0) is 20.8. The number of anilines is 2. The van der Waals surface area contributed by atoms with E-state index >= 15 is 0 Å². The highest BCUT2D eigenvalue weighted by molar-refractivity contribution is 6.34. The van der Waals surface area contributed by atoms with Crippen LogP contribution < -0.4 is 15.0 Å². The summed E-state index contributed by atoms with van der Waals surface area (Å²) in [6.07, 6.45) is 6.53. The molecule has 0 spiro atoms. The molecule has 160 valence electrons. The van der Waals surface area contributed by atoms with E-state index in [2.05, 4.69) is 22.3 Å². The summed E-state index contributed by atoms with van der Waals surface area (Å²) in [4.78, 5) is 14.7. The van der Waals surface area contributed by atoms with Gasteiger partial charge in [0, 0.05) is 13.1 Å². The predicted molar refractivity (Wildman–Crippen MR) is 121 cm³/mol. The van der Waals surface area contributed by atoms with Crippen molar-refractivity contribution in [3.8, 4) is 5.75 Å². The highest BCUT2D eigenvalue weighted by Gasteiger charge is 2.19. The Morgan fingerprint density at radius 3 is 2.53 bits per heavy atom. The number of ether oxygens (including phenoxy) is 2. The zero-order valence-corrected chi connectivity index (χ0v) is 18.0. The van der Waals surface area contributed by atoms with Crippen molar-refractivity contribution in [1.29, 1.82) is 0 Å². The molecule has 6 heteroatoms. The number of halogens is 1. The van der Waals surface area contributed by atoms with Crippen molar-refractivity contribution in [2.75, 3.05) is 43.1 Å². The molecule has 1 saturated heterocycles. The molecule has 0 unspecified atom stereocenters. The van der Waals surface area contributed by atoms with E-state index in [4.69, 9.17) is 21.1 Å². The number of para-hydroxylation sites is 1. The molecule has 4 rings (SSSR count). The van der Waals surface area contributed by atoms with Crippen LogP contribution in [0.1, 0.15) is 43.6 Å². The molecule has 0 bridgehead atoms. The van der Waals surface area contributed by atoms with E-state index in [0.29, 0.717) is 35.6 Å². The maximum absolute atomic E-state index is 12.5. The van der Waals surface area contributed by atoms with E-state index in [1.54, 1.807) is 0 Å². The molecule has 0 atom stereocenters. The van der Waals surface area contributed by atoms with Crippen LogP contribution in [0.15, 0.2) is 42.5 Å². The normalized spacial score (nSPS) is 17.6. The summed E-state index contributed by atoms with van der Waals surface area (Å²) >= 11 is 6.43. The van der Waals surface area contributed by atoms with Crippen LogP contribution in [0.2, 0.25) is 5.02 Å². The van der Waals surface area contributed by atoms with Gasteiger partial charge in [0.1, 0.15) is 5.75 Å². The third-order valence-corrected chi connectivity index (χ3v) is 6.22. The summed E-state index contributed by atoms with van der Waals surface area (Å²) < 4.78 is 11.1. The highest BCUT2D eigenvalue weighted by Crippen LogP contribution is 2.35. The second-order valence-corrected chi connectivity index (χ2v) is 8.38. The van der Waals surface area contributed by atoms with Crippen LogP contribution >= 0.6 is 11.6 Å². The average Bonchev–Trinajstić information content (AvgIpc) is 2.79. The van der Waals surface area contributed by atoms with Gasteiger partial charge in [0.05, 0.1) is 29.6 Å². The lowest BCUT2D eigenvalue weighted by atomic mass is 9.84. The summed E-state index contributed by atoms with van der Waals surface area (Å²) in [5.74, 6) is 1.17. The molecule has 30 heavy (non-hydrogen) atoms. The largest absolute Gasteiger partial charge is 0.484 e. The Bertz CT molecular complexity index is 844. The number of rotatable bonds is 6. The van der Waals surface area contributed by atoms with Gasteiger partial charge >= 0.3 is 0 Å². The first-order chi connectivity index (χ1) is 14.7. The average molecular weight is 429 g/mol. The van der Waals surface area contributed by atoms with Crippen LogP contribution in [-0.4, -0.2) is 38.8 Å². The minimum atomic E-state index is -0.205. The second kappa shape index (κ2) is 10.2. The van der Waals surface area contributed by atoms with Gasteiger partial charge in [0.15, 0.2) is 6.61 Å². The molecule has 1 saturated carbocycles. The van der Waals surface area contributed by atoms with Crippen LogP contribution in [0.4, 0.5) is 11.4 Å². The Hall–Kier alpha value is -2.24. The van der Waals surface area contributed by atoms with Gasteiger partial charge in [-0.1, -0.05) is 49.1 Å². The van der Waals surface area contributed by atoms with Gasteiger partial charge in [-0.05, 0) is 48.6 Å². The first-order valence-corrected chi connectivity index (χ1v) is 11.2. The smallest absolute Gasteiger partial charge is 0.262 e. The number of hydrogen-bond acceptors (Lipinski definition) is 4. The fourth-order valence-electron chi connectivity index (χ4n) is 4.33. The van der Waals surface area contributed by atoms with Crippen molar-refractivity contribution < 1.29 is 14.3 Å². The Morgan fingerprint density at radius 2 is 1.80 bits per heavy atom. The third kappa shape index (κ3) is 5.27. The van der Waals surface area contributed by atoms with Crippen LogP contribution in [-0.2, 0) is 9.53 Å². The third-order valence-electron chi connectivity index (χ3n) is 5.91. The number of benzene rings is 2. The Balaban J connectivity index is 1.34. The summed E-state index contributed by atoms with van der Waals surface area (Å²) in [7, 11) is 0. The molecule has 1 N–H and O–H groups in total. The lowest BCUT2D eigenvalue weighted by molar-refractivity contribution is -0.118. The van der Waals surface area contributed by atoms with E-state index in [9.17, 15) is 4.79 Å². The molecule has 2 fully saturated rings. The summed E-state index contributed by atoms with van der Waals surface area (Å²) in [6, 6.07) is 13.8. The lowest BCUT2D eigenvalue weighted by Crippen LogP contribution is -2.37. The molecular weight excluding hydrogens is 400 g/mol. The van der Waals surface area contributed by atoms with Gasteiger partial charge in [-0.15, -0.1) is 0 Å². The predicted octanol–water partition coefficient (Wildman–Crippen LogP) is 5.24. The van der Waals surface area contributed by atoms with E-state index < -0.39 is 0 Å². The minimum Gasteiger partial charge on any atom is -0.484 e. The number of nitrogens with one attached hydrogen (secondary N) is 1. The van der Waals surface area contributed by atoms with E-state index in [1.165, 1.54) is 37.7 Å². The first kappa shape index (κ1) is 21.0. The van der Waals surface area contributed by atoms with E-state index in [0.717, 1.165) is 18.8 Å². The molecule has 0 radical (unpaired) electrons. The SMILES string of the molecule is O=C(COc1ccc(C2CCCCC2)cc1)Nc1cccc(Cl)c1N1CCOCC1. The Labute approximate surface area is 183 Å². The molecule has 1 aliphatic carbocycles. The topological polar surface area (TPSA) is 50.8 Å². The van der Waals surface area contributed by atoms with Crippen molar-refractivity contribution in [2.45, 2.75) is 38.0 Å². The fourth-order valence-corrected chi connectivity index (χ4v) is 4.63. The first-order valence-electron chi connectivity index (χ1n) is 10.8. The molecule has 2 aromatic carbocycles. The van der Waals surface area contributed by atoms with Crippen LogP contribution in [0.5, 0.6) is 5.75 Å². The second-order valence-electron chi connectivity index (χ2n) is 7.98. The number of carbonyl (C=O) groups excluding carboxylic acids is 1. The summed E-state index contributed by atoms with van der Waals surface area (Å²) in [5.41, 5.74) is 2.92. The Kier molecular flexibility index (Phi) is 7.13. The van der Waals surface area contributed by atoms with Gasteiger partial charge in [0.25, 0.3) is 5.91 Å². The van der Waals surface area contributed by atoms with Crippen molar-refractivity contribution in [3.05, 3.63) is 53.1 Å². The van der Waals surface area contributed by atoms with Crippen molar-refractivity contribution in [2.24, 2.45) is 0 Å². The molecular formula is C24H29ClN2O3. The fraction of sp³-hybridized carbons (Fsp3) is 0.458. The molecule has 1 amide bonds. The van der Waals surface area contributed by atoms with Crippen molar-refractivity contribution >= 4 is 28.9 Å². The van der Waals surface area contributed by atoms with Crippen molar-refractivity contribution in [3.63, 3.8) is 0 Å². The number of amides is 1. The number of morpholine rings is 1. The van der Waals surface area contributed by atoms with Gasteiger partial charge in [-0.25, -0.2) is 0 Å². The zero-order valence-electron chi connectivity index (χ0n) is 17.2. The monoisotopic (exact) mass is 428 g/mol. The highest BCUT2D eigenvalue weighted by atomic mass is 35.5. The standard InChI is InChI=1S/C24H29ClN2O3/c25-21-7-4-8-22(24(21)27-13-15-29-16-14-27)26-23(28)17-30-20-11-9-19(10-12-20)18-5-2-1-3-6-18/h4,7-12,18H,1-3,5-6,13-17H2,(H,26,28). The van der Waals surface area contributed by atoms with Gasteiger partial charge in [0.2, 0.25) is 0 Å². The Morgan fingerprint density at radius 1 is 1.07 bits per heavy atom. The van der Waals surface area contributed by atoms with Gasteiger partial charge < -0.3 is 19.7 Å². The number of carbonyl (C=O) groups is 1. The van der Waals surface area contributed by atoms with Crippen molar-refractivity contribution in [1.82, 2.24) is 0 Å². The quantitative estimate of drug-likeness (QED) is 0.683. The minimum absolute atomic E-state index is 0.0438. The van der Waals surface area contributed by atoms with Crippen LogP contribution in [0.3, 0.4) is 0 Å². The summed E-state index contributed by atoms with van der Waals surface area (Å²) in [5, 5.41) is 3.57. The van der Waals surface area contributed by atoms with Gasteiger partial charge in [-0.3, -0.25) is 4.79 Å². The van der Waals surface area contributed by atoms with E-state index in [-0.39, 0.29) is 12.5 Å². The maximum Gasteiger partial charge on any atom is 0.262 e. The van der Waals surface area contributed by atoms with Crippen LogP contribution in [0, 0.1) is 0 Å². The van der Waals surface area contributed by atoms with Gasteiger partial charge in [-0.2, -0.15) is 0 Å².